The molecule has 1 aliphatic rings. The fourth-order valence-corrected chi connectivity index (χ4v) is 1.34. The molecule has 1 rings (SSSR count). The number of thiol groups is 1. The second-order valence-corrected chi connectivity index (χ2v) is 3.18. The van der Waals surface area contributed by atoms with Gasteiger partial charge < -0.3 is 4.74 Å². The second kappa shape index (κ2) is 4.46. The highest BCUT2D eigenvalue weighted by atomic mass is 32.1. The molecule has 0 aromatic heterocycles. The van der Waals surface area contributed by atoms with Gasteiger partial charge in [-0.3, -0.25) is 0 Å². The molecule has 0 N–H and O–H groups in total. The van der Waals surface area contributed by atoms with Crippen molar-refractivity contribution in [3.63, 3.8) is 0 Å². The van der Waals surface area contributed by atoms with Gasteiger partial charge in [0.1, 0.15) is 5.83 Å². The predicted molar refractivity (Wildman–Crippen MR) is 51.1 cm³/mol. The molecule has 2 nitrogen and oxygen atoms in total. The number of hydrogen-bond donors (Lipinski definition) is 1. The number of ether oxygens (including phenoxy) is 1. The van der Waals surface area contributed by atoms with Crippen LogP contribution in [0.15, 0.2) is 22.4 Å². The summed E-state index contributed by atoms with van der Waals surface area (Å²) in [7, 11) is 0. The van der Waals surface area contributed by atoms with Crippen LogP contribution in [0.1, 0.15) is 19.8 Å². The highest BCUT2D eigenvalue weighted by Crippen LogP contribution is 2.29. The van der Waals surface area contributed by atoms with Crippen LogP contribution in [0.3, 0.4) is 0 Å². The number of carbonyl (C=O) groups excluding carboxylic acids is 1. The van der Waals surface area contributed by atoms with Gasteiger partial charge in [-0.15, -0.1) is 12.6 Å². The highest BCUT2D eigenvalue weighted by Gasteiger charge is 2.20. The Labute approximate surface area is 81.9 Å². The van der Waals surface area contributed by atoms with Gasteiger partial charge in [-0.1, -0.05) is 6.08 Å². The fourth-order valence-electron chi connectivity index (χ4n) is 1.09. The molecule has 1 aliphatic carbocycles. The summed E-state index contributed by atoms with van der Waals surface area (Å²) in [5.41, 5.74) is 0.0121. The number of hydrogen-bond acceptors (Lipinski definition) is 3. The van der Waals surface area contributed by atoms with E-state index in [2.05, 4.69) is 17.4 Å². The van der Waals surface area contributed by atoms with E-state index in [1.807, 2.05) is 0 Å². The van der Waals surface area contributed by atoms with Crippen molar-refractivity contribution in [2.45, 2.75) is 19.8 Å². The number of halogens is 1. The fraction of sp³-hybridized carbons (Fsp3) is 0.444. The highest BCUT2D eigenvalue weighted by molar-refractivity contribution is 7.84. The molecule has 0 aliphatic heterocycles. The summed E-state index contributed by atoms with van der Waals surface area (Å²) in [6, 6.07) is 0. The van der Waals surface area contributed by atoms with Crippen LogP contribution in [0, 0.1) is 0 Å². The Morgan fingerprint density at radius 2 is 2.46 bits per heavy atom. The molecular formula is C9H11FO2S. The molecule has 0 atom stereocenters. The van der Waals surface area contributed by atoms with E-state index in [-0.39, 0.29) is 12.2 Å². The largest absolute Gasteiger partial charge is 0.462 e. The zero-order valence-electron chi connectivity index (χ0n) is 7.34. The zero-order chi connectivity index (χ0) is 9.84. The van der Waals surface area contributed by atoms with E-state index in [4.69, 9.17) is 0 Å². The molecule has 13 heavy (non-hydrogen) atoms. The number of rotatable bonds is 2. The van der Waals surface area contributed by atoms with Gasteiger partial charge in [0.25, 0.3) is 0 Å². The molecule has 0 radical (unpaired) electrons. The maximum atomic E-state index is 13.2. The van der Waals surface area contributed by atoms with Gasteiger partial charge in [-0.2, -0.15) is 0 Å². The lowest BCUT2D eigenvalue weighted by molar-refractivity contribution is -0.138. The van der Waals surface area contributed by atoms with Crippen LogP contribution >= 0.6 is 12.6 Å². The molecule has 0 saturated carbocycles. The minimum atomic E-state index is -0.605. The molecule has 0 aromatic carbocycles. The van der Waals surface area contributed by atoms with Crippen LogP contribution in [-0.4, -0.2) is 12.6 Å². The molecule has 0 amide bonds. The zero-order valence-corrected chi connectivity index (χ0v) is 8.23. The number of esters is 1. The Hall–Kier alpha value is -0.770. The molecule has 4 heteroatoms. The van der Waals surface area contributed by atoms with E-state index < -0.39 is 11.8 Å². The van der Waals surface area contributed by atoms with E-state index in [1.165, 1.54) is 0 Å². The van der Waals surface area contributed by atoms with Crippen molar-refractivity contribution in [1.29, 1.82) is 0 Å². The van der Waals surface area contributed by atoms with Crippen molar-refractivity contribution < 1.29 is 13.9 Å². The van der Waals surface area contributed by atoms with Gasteiger partial charge >= 0.3 is 5.97 Å². The van der Waals surface area contributed by atoms with Crippen molar-refractivity contribution in [3.05, 3.63) is 22.4 Å². The van der Waals surface area contributed by atoms with Crippen LogP contribution in [0.25, 0.3) is 0 Å². The van der Waals surface area contributed by atoms with Gasteiger partial charge in [0.05, 0.1) is 12.2 Å². The first-order valence-electron chi connectivity index (χ1n) is 4.12. The third-order valence-corrected chi connectivity index (χ3v) is 2.13. The Kier molecular flexibility index (Phi) is 3.54. The number of carbonyl (C=O) groups is 1. The average Bonchev–Trinajstić information content (AvgIpc) is 2.10. The maximum absolute atomic E-state index is 13.2. The summed E-state index contributed by atoms with van der Waals surface area (Å²) in [5.74, 6) is -1.15. The summed E-state index contributed by atoms with van der Waals surface area (Å²) in [5, 5.41) is 0. The molecule has 0 saturated heterocycles. The van der Waals surface area contributed by atoms with Crippen molar-refractivity contribution in [2.24, 2.45) is 0 Å². The Morgan fingerprint density at radius 1 is 1.77 bits per heavy atom. The third kappa shape index (κ3) is 2.34. The lowest BCUT2D eigenvalue weighted by Gasteiger charge is -2.11. The van der Waals surface area contributed by atoms with Gasteiger partial charge in [0.2, 0.25) is 0 Å². The lowest BCUT2D eigenvalue weighted by Crippen LogP contribution is -2.10. The van der Waals surface area contributed by atoms with E-state index in [9.17, 15) is 9.18 Å². The monoisotopic (exact) mass is 202 g/mol. The van der Waals surface area contributed by atoms with E-state index in [0.29, 0.717) is 17.7 Å². The van der Waals surface area contributed by atoms with Crippen molar-refractivity contribution in [1.82, 2.24) is 0 Å². The minimum absolute atomic E-state index is 0.0121. The Balaban J connectivity index is 2.80. The summed E-state index contributed by atoms with van der Waals surface area (Å²) < 4.78 is 17.9. The Bertz CT molecular complexity index is 281. The van der Waals surface area contributed by atoms with Gasteiger partial charge in [0, 0.05) is 4.91 Å². The summed E-state index contributed by atoms with van der Waals surface area (Å²) in [4.78, 5) is 11.5. The average molecular weight is 202 g/mol. The first kappa shape index (κ1) is 10.3. The molecular weight excluding hydrogens is 191 g/mol. The summed E-state index contributed by atoms with van der Waals surface area (Å²) >= 11 is 3.93. The molecule has 72 valence electrons. The van der Waals surface area contributed by atoms with Crippen LogP contribution in [0.2, 0.25) is 0 Å². The quantitative estimate of drug-likeness (QED) is 0.549. The van der Waals surface area contributed by atoms with Crippen LogP contribution in [0.4, 0.5) is 4.39 Å². The number of allylic oxidation sites excluding steroid dienone is 2. The first-order valence-corrected chi connectivity index (χ1v) is 4.56. The molecule has 0 spiro atoms. The van der Waals surface area contributed by atoms with E-state index in [0.717, 1.165) is 0 Å². The predicted octanol–water partition coefficient (Wildman–Crippen LogP) is 2.38. The maximum Gasteiger partial charge on any atom is 0.340 e. The molecule has 0 bridgehead atoms. The van der Waals surface area contributed by atoms with E-state index in [1.54, 1.807) is 13.0 Å². The minimum Gasteiger partial charge on any atom is -0.462 e. The van der Waals surface area contributed by atoms with Gasteiger partial charge in [0.15, 0.2) is 0 Å². The summed E-state index contributed by atoms with van der Waals surface area (Å²) in [6.45, 7) is 1.94. The molecule has 0 heterocycles. The van der Waals surface area contributed by atoms with Crippen molar-refractivity contribution in [3.8, 4) is 0 Å². The SMILES string of the molecule is CCOC(=O)C1=CCCC(S)=C1F. The topological polar surface area (TPSA) is 26.3 Å². The van der Waals surface area contributed by atoms with Crippen molar-refractivity contribution >= 4 is 18.6 Å². The normalized spacial score (nSPS) is 17.0. The van der Waals surface area contributed by atoms with Crippen LogP contribution in [0.5, 0.6) is 0 Å². The van der Waals surface area contributed by atoms with Crippen LogP contribution < -0.4 is 0 Å². The van der Waals surface area contributed by atoms with E-state index >= 15 is 0 Å². The third-order valence-electron chi connectivity index (χ3n) is 1.71. The van der Waals surface area contributed by atoms with Crippen LogP contribution in [-0.2, 0) is 9.53 Å². The molecule has 0 unspecified atom stereocenters. The first-order chi connectivity index (χ1) is 6.16. The molecule has 0 fully saturated rings. The second-order valence-electron chi connectivity index (χ2n) is 2.64. The lowest BCUT2D eigenvalue weighted by atomic mass is 10.1. The standard InChI is InChI=1S/C9H11FO2S/c1-2-12-9(11)6-4-3-5-7(13)8(6)10/h4,13H,2-3,5H2,1H3. The Morgan fingerprint density at radius 3 is 3.08 bits per heavy atom. The smallest absolute Gasteiger partial charge is 0.340 e. The molecule has 0 aromatic rings. The van der Waals surface area contributed by atoms with Gasteiger partial charge in [-0.05, 0) is 19.8 Å². The summed E-state index contributed by atoms with van der Waals surface area (Å²) in [6.07, 6.45) is 2.74. The van der Waals surface area contributed by atoms with Crippen molar-refractivity contribution in [2.75, 3.05) is 6.61 Å². The van der Waals surface area contributed by atoms with Gasteiger partial charge in [-0.25, -0.2) is 9.18 Å².